The SMILES string of the molecule is CC(=O)N[C@@H](Cc1ccccc1)C(=O)N[C@@H](Cc1ccccc1F)C(=O)O. The first-order valence-electron chi connectivity index (χ1n) is 8.44. The highest BCUT2D eigenvalue weighted by Crippen LogP contribution is 2.10. The maximum absolute atomic E-state index is 13.8. The second kappa shape index (κ2) is 9.47. The van der Waals surface area contributed by atoms with Gasteiger partial charge in [-0.2, -0.15) is 0 Å². The van der Waals surface area contributed by atoms with Gasteiger partial charge in [0.05, 0.1) is 0 Å². The summed E-state index contributed by atoms with van der Waals surface area (Å²) in [5.74, 6) is -2.88. The van der Waals surface area contributed by atoms with Crippen molar-refractivity contribution >= 4 is 17.8 Å². The molecule has 0 aliphatic rings. The lowest BCUT2D eigenvalue weighted by Crippen LogP contribution is -2.52. The molecule has 6 nitrogen and oxygen atoms in total. The molecule has 2 rings (SSSR count). The number of amides is 2. The van der Waals surface area contributed by atoms with Gasteiger partial charge in [0.25, 0.3) is 0 Å². The van der Waals surface area contributed by atoms with E-state index in [9.17, 15) is 23.9 Å². The molecule has 2 atom stereocenters. The van der Waals surface area contributed by atoms with E-state index in [1.54, 1.807) is 30.3 Å². The van der Waals surface area contributed by atoms with E-state index in [1.165, 1.54) is 25.1 Å². The van der Waals surface area contributed by atoms with Gasteiger partial charge < -0.3 is 15.7 Å². The number of carboxylic acids is 1. The van der Waals surface area contributed by atoms with Gasteiger partial charge in [0.15, 0.2) is 0 Å². The molecule has 0 heterocycles. The molecular weight excluding hydrogens is 351 g/mol. The van der Waals surface area contributed by atoms with Gasteiger partial charge in [-0.15, -0.1) is 0 Å². The molecule has 2 aromatic rings. The fraction of sp³-hybridized carbons (Fsp3) is 0.250. The highest BCUT2D eigenvalue weighted by atomic mass is 19.1. The van der Waals surface area contributed by atoms with E-state index in [-0.39, 0.29) is 18.4 Å². The van der Waals surface area contributed by atoms with Crippen molar-refractivity contribution in [3.05, 3.63) is 71.5 Å². The Morgan fingerprint density at radius 2 is 1.56 bits per heavy atom. The molecule has 27 heavy (non-hydrogen) atoms. The quantitative estimate of drug-likeness (QED) is 0.657. The Morgan fingerprint density at radius 3 is 2.15 bits per heavy atom. The van der Waals surface area contributed by atoms with E-state index >= 15 is 0 Å². The van der Waals surface area contributed by atoms with E-state index in [0.717, 1.165) is 5.56 Å². The first-order valence-corrected chi connectivity index (χ1v) is 8.44. The molecule has 0 spiro atoms. The predicted molar refractivity (Wildman–Crippen MR) is 97.4 cm³/mol. The number of halogens is 1. The van der Waals surface area contributed by atoms with Gasteiger partial charge in [-0.05, 0) is 17.2 Å². The van der Waals surface area contributed by atoms with Crippen molar-refractivity contribution in [3.63, 3.8) is 0 Å². The minimum Gasteiger partial charge on any atom is -0.480 e. The van der Waals surface area contributed by atoms with Crippen LogP contribution in [0.15, 0.2) is 54.6 Å². The van der Waals surface area contributed by atoms with Crippen LogP contribution in [0.1, 0.15) is 18.1 Å². The van der Waals surface area contributed by atoms with Crippen LogP contribution in [0.25, 0.3) is 0 Å². The summed E-state index contributed by atoms with van der Waals surface area (Å²) in [5.41, 5.74) is 0.997. The molecule has 3 N–H and O–H groups in total. The second-order valence-electron chi connectivity index (χ2n) is 6.14. The van der Waals surface area contributed by atoms with Gasteiger partial charge in [-0.25, -0.2) is 9.18 Å². The smallest absolute Gasteiger partial charge is 0.326 e. The Balaban J connectivity index is 2.13. The monoisotopic (exact) mass is 372 g/mol. The van der Waals surface area contributed by atoms with Crippen molar-refractivity contribution in [3.8, 4) is 0 Å². The van der Waals surface area contributed by atoms with Gasteiger partial charge in [-0.3, -0.25) is 9.59 Å². The average Bonchev–Trinajstić information content (AvgIpc) is 2.62. The number of hydrogen-bond acceptors (Lipinski definition) is 3. The van der Waals surface area contributed by atoms with Gasteiger partial charge in [0.1, 0.15) is 17.9 Å². The van der Waals surface area contributed by atoms with Crippen LogP contribution in [0.2, 0.25) is 0 Å². The number of carbonyl (C=O) groups is 3. The van der Waals surface area contributed by atoms with Gasteiger partial charge in [-0.1, -0.05) is 48.5 Å². The lowest BCUT2D eigenvalue weighted by Gasteiger charge is -2.21. The minimum atomic E-state index is -1.32. The summed E-state index contributed by atoms with van der Waals surface area (Å²) in [5, 5.41) is 14.3. The highest BCUT2D eigenvalue weighted by Gasteiger charge is 2.27. The van der Waals surface area contributed by atoms with Crippen molar-refractivity contribution in [2.75, 3.05) is 0 Å². The van der Waals surface area contributed by atoms with Crippen molar-refractivity contribution in [2.45, 2.75) is 31.8 Å². The Hall–Kier alpha value is -3.22. The summed E-state index contributed by atoms with van der Waals surface area (Å²) in [7, 11) is 0. The first kappa shape index (κ1) is 20.1. The third kappa shape index (κ3) is 6.22. The zero-order valence-electron chi connectivity index (χ0n) is 14.8. The largest absolute Gasteiger partial charge is 0.480 e. The van der Waals surface area contributed by atoms with Crippen molar-refractivity contribution in [1.82, 2.24) is 10.6 Å². The molecule has 0 saturated carbocycles. The molecule has 7 heteroatoms. The van der Waals surface area contributed by atoms with Gasteiger partial charge >= 0.3 is 5.97 Å². The third-order valence-electron chi connectivity index (χ3n) is 3.97. The van der Waals surface area contributed by atoms with Crippen LogP contribution in [0.4, 0.5) is 4.39 Å². The summed E-state index contributed by atoms with van der Waals surface area (Å²) >= 11 is 0. The summed E-state index contributed by atoms with van der Waals surface area (Å²) in [4.78, 5) is 35.6. The van der Waals surface area contributed by atoms with Crippen LogP contribution in [0, 0.1) is 5.82 Å². The van der Waals surface area contributed by atoms with Crippen molar-refractivity contribution in [2.24, 2.45) is 0 Å². The molecule has 142 valence electrons. The average molecular weight is 372 g/mol. The summed E-state index contributed by atoms with van der Waals surface area (Å²) in [6, 6.07) is 12.6. The van der Waals surface area contributed by atoms with E-state index in [2.05, 4.69) is 10.6 Å². The number of carbonyl (C=O) groups excluding carboxylic acids is 2. The molecule has 0 bridgehead atoms. The number of hydrogen-bond donors (Lipinski definition) is 3. The van der Waals surface area contributed by atoms with Crippen LogP contribution in [0.5, 0.6) is 0 Å². The Labute approximate surface area is 156 Å². The van der Waals surface area contributed by atoms with Gasteiger partial charge in [0.2, 0.25) is 11.8 Å². The molecule has 2 amide bonds. The second-order valence-corrected chi connectivity index (χ2v) is 6.14. The van der Waals surface area contributed by atoms with Crippen molar-refractivity contribution in [1.29, 1.82) is 0 Å². The van der Waals surface area contributed by atoms with E-state index < -0.39 is 35.7 Å². The molecule has 0 fully saturated rings. The fourth-order valence-electron chi connectivity index (χ4n) is 2.66. The van der Waals surface area contributed by atoms with Crippen LogP contribution >= 0.6 is 0 Å². The van der Waals surface area contributed by atoms with Crippen molar-refractivity contribution < 1.29 is 23.9 Å². The topological polar surface area (TPSA) is 95.5 Å². The molecule has 0 aliphatic heterocycles. The number of aliphatic carboxylic acids is 1. The number of benzene rings is 2. The lowest BCUT2D eigenvalue weighted by molar-refractivity contribution is -0.142. The Morgan fingerprint density at radius 1 is 0.926 bits per heavy atom. The number of carboxylic acid groups (broad SMARTS) is 1. The minimum absolute atomic E-state index is 0.185. The fourth-order valence-corrected chi connectivity index (χ4v) is 2.66. The van der Waals surface area contributed by atoms with Crippen LogP contribution in [-0.4, -0.2) is 35.0 Å². The number of rotatable bonds is 8. The maximum atomic E-state index is 13.8. The lowest BCUT2D eigenvalue weighted by atomic mass is 10.0. The zero-order valence-corrected chi connectivity index (χ0v) is 14.8. The van der Waals surface area contributed by atoms with Crippen LogP contribution in [0.3, 0.4) is 0 Å². The predicted octanol–water partition coefficient (Wildman–Crippen LogP) is 1.68. The van der Waals surface area contributed by atoms with E-state index in [1.807, 2.05) is 6.07 Å². The van der Waals surface area contributed by atoms with E-state index in [0.29, 0.717) is 0 Å². The first-order chi connectivity index (χ1) is 12.9. The Kier molecular flexibility index (Phi) is 7.05. The normalized spacial score (nSPS) is 12.7. The molecule has 0 aliphatic carbocycles. The molecule has 2 aromatic carbocycles. The van der Waals surface area contributed by atoms with Crippen LogP contribution < -0.4 is 10.6 Å². The molecule has 0 unspecified atom stereocenters. The summed E-state index contributed by atoms with van der Waals surface area (Å²) in [6.45, 7) is 1.28. The molecular formula is C20H21FN2O4. The summed E-state index contributed by atoms with van der Waals surface area (Å²) in [6.07, 6.45) is 0.00413. The molecule has 0 aromatic heterocycles. The summed E-state index contributed by atoms with van der Waals surface area (Å²) < 4.78 is 13.8. The number of nitrogens with one attached hydrogen (secondary N) is 2. The zero-order chi connectivity index (χ0) is 19.8. The van der Waals surface area contributed by atoms with Crippen LogP contribution in [-0.2, 0) is 27.2 Å². The van der Waals surface area contributed by atoms with E-state index in [4.69, 9.17) is 0 Å². The maximum Gasteiger partial charge on any atom is 0.326 e. The van der Waals surface area contributed by atoms with Gasteiger partial charge in [0, 0.05) is 19.8 Å². The standard InChI is InChI=1S/C20H21FN2O4/c1-13(24)22-17(11-14-7-3-2-4-8-14)19(25)23-18(20(26)27)12-15-9-5-6-10-16(15)21/h2-10,17-18H,11-12H2,1H3,(H,22,24)(H,23,25)(H,26,27)/t17-,18-/m0/s1. The third-order valence-corrected chi connectivity index (χ3v) is 3.97. The molecule has 0 radical (unpaired) electrons. The highest BCUT2D eigenvalue weighted by molar-refractivity contribution is 5.90. The Bertz CT molecular complexity index is 811. The molecule has 0 saturated heterocycles.